The molecule has 0 aliphatic heterocycles. The van der Waals surface area contributed by atoms with Crippen LogP contribution in [0.3, 0.4) is 0 Å². The van der Waals surface area contributed by atoms with Crippen molar-refractivity contribution in [3.63, 3.8) is 0 Å². The van der Waals surface area contributed by atoms with E-state index in [9.17, 15) is 4.79 Å². The molecule has 0 bridgehead atoms. The van der Waals surface area contributed by atoms with Crippen LogP contribution in [-0.2, 0) is 20.7 Å². The van der Waals surface area contributed by atoms with Gasteiger partial charge in [0.1, 0.15) is 5.78 Å². The Hall–Kier alpha value is -0.710. The molecule has 3 nitrogen and oxygen atoms in total. The topological polar surface area (TPSA) is 35.5 Å². The second-order valence-corrected chi connectivity index (χ2v) is 4.31. The van der Waals surface area contributed by atoms with Gasteiger partial charge in [0.2, 0.25) is 0 Å². The number of ketones is 1. The van der Waals surface area contributed by atoms with Crippen molar-refractivity contribution in [3.05, 3.63) is 22.4 Å². The summed E-state index contributed by atoms with van der Waals surface area (Å²) in [7, 11) is 1.63. The van der Waals surface area contributed by atoms with Crippen molar-refractivity contribution in [2.75, 3.05) is 26.9 Å². The standard InChI is InChI=1S/C12H18O3S/c1-14-7-8-15-6-4-12(13)3-2-11-5-9-16-10-11/h5,9-10H,2-4,6-8H2,1H3. The summed E-state index contributed by atoms with van der Waals surface area (Å²) in [5.74, 6) is 0.267. The molecule has 1 aromatic rings. The van der Waals surface area contributed by atoms with Gasteiger partial charge in [-0.1, -0.05) is 0 Å². The Morgan fingerprint density at radius 3 is 2.88 bits per heavy atom. The SMILES string of the molecule is COCCOCCC(=O)CCc1ccsc1. The molecule has 1 rings (SSSR count). The zero-order valence-corrected chi connectivity index (χ0v) is 10.4. The van der Waals surface area contributed by atoms with Crippen LogP contribution in [0.1, 0.15) is 18.4 Å². The highest BCUT2D eigenvalue weighted by molar-refractivity contribution is 7.07. The van der Waals surface area contributed by atoms with Crippen molar-refractivity contribution in [3.8, 4) is 0 Å². The molecule has 1 heterocycles. The third-order valence-corrected chi connectivity index (χ3v) is 2.96. The Labute approximate surface area is 100 Å². The zero-order valence-electron chi connectivity index (χ0n) is 9.61. The Morgan fingerprint density at radius 1 is 1.31 bits per heavy atom. The van der Waals surface area contributed by atoms with E-state index in [1.807, 2.05) is 5.38 Å². The van der Waals surface area contributed by atoms with E-state index in [0.29, 0.717) is 32.7 Å². The van der Waals surface area contributed by atoms with Crippen LogP contribution < -0.4 is 0 Å². The van der Waals surface area contributed by atoms with Gasteiger partial charge in [0.25, 0.3) is 0 Å². The van der Waals surface area contributed by atoms with Crippen LogP contribution in [0.4, 0.5) is 0 Å². The number of thiophene rings is 1. The van der Waals surface area contributed by atoms with Crippen LogP contribution >= 0.6 is 11.3 Å². The predicted octanol–water partition coefficient (Wildman–Crippen LogP) is 2.30. The highest BCUT2D eigenvalue weighted by Gasteiger charge is 2.03. The van der Waals surface area contributed by atoms with Gasteiger partial charge in [-0.25, -0.2) is 0 Å². The lowest BCUT2D eigenvalue weighted by Gasteiger charge is -2.02. The summed E-state index contributed by atoms with van der Waals surface area (Å²) >= 11 is 1.67. The minimum atomic E-state index is 0.267. The van der Waals surface area contributed by atoms with E-state index in [-0.39, 0.29) is 5.78 Å². The van der Waals surface area contributed by atoms with Gasteiger partial charge in [-0.3, -0.25) is 4.79 Å². The van der Waals surface area contributed by atoms with Gasteiger partial charge in [0.15, 0.2) is 0 Å². The Kier molecular flexibility index (Phi) is 7.05. The second-order valence-electron chi connectivity index (χ2n) is 3.53. The number of hydrogen-bond acceptors (Lipinski definition) is 4. The van der Waals surface area contributed by atoms with Gasteiger partial charge in [-0.2, -0.15) is 11.3 Å². The molecule has 4 heteroatoms. The molecule has 0 amide bonds. The number of carbonyl (C=O) groups is 1. The molecule has 0 atom stereocenters. The first-order valence-corrected chi connectivity index (χ1v) is 6.36. The first kappa shape index (κ1) is 13.4. The number of rotatable bonds is 9. The van der Waals surface area contributed by atoms with Crippen LogP contribution in [0, 0.1) is 0 Å². The molecule has 0 fully saturated rings. The number of methoxy groups -OCH3 is 1. The third kappa shape index (κ3) is 6.00. The fourth-order valence-corrected chi connectivity index (χ4v) is 1.98. The summed E-state index contributed by atoms with van der Waals surface area (Å²) in [6, 6.07) is 2.06. The monoisotopic (exact) mass is 242 g/mol. The maximum absolute atomic E-state index is 11.5. The van der Waals surface area contributed by atoms with Crippen molar-refractivity contribution in [2.24, 2.45) is 0 Å². The quantitative estimate of drug-likeness (QED) is 0.623. The van der Waals surface area contributed by atoms with E-state index in [1.165, 1.54) is 5.56 Å². The van der Waals surface area contributed by atoms with Crippen LogP contribution in [-0.4, -0.2) is 32.7 Å². The summed E-state index contributed by atoms with van der Waals surface area (Å²) in [5.41, 5.74) is 1.25. The van der Waals surface area contributed by atoms with E-state index in [4.69, 9.17) is 9.47 Å². The zero-order chi connectivity index (χ0) is 11.6. The number of carbonyl (C=O) groups excluding carboxylic acids is 1. The van der Waals surface area contributed by atoms with Crippen LogP contribution in [0.2, 0.25) is 0 Å². The molecule has 0 aromatic carbocycles. The van der Waals surface area contributed by atoms with Gasteiger partial charge in [-0.05, 0) is 28.8 Å². The minimum Gasteiger partial charge on any atom is -0.382 e. The Morgan fingerprint density at radius 2 is 2.19 bits per heavy atom. The maximum atomic E-state index is 11.5. The summed E-state index contributed by atoms with van der Waals surface area (Å²) in [6.45, 7) is 1.66. The minimum absolute atomic E-state index is 0.267. The highest BCUT2D eigenvalue weighted by atomic mass is 32.1. The number of ether oxygens (including phenoxy) is 2. The van der Waals surface area contributed by atoms with E-state index >= 15 is 0 Å². The molecule has 0 unspecified atom stereocenters. The summed E-state index contributed by atoms with van der Waals surface area (Å²) < 4.78 is 10.1. The summed E-state index contributed by atoms with van der Waals surface area (Å²) in [5, 5.41) is 4.12. The average molecular weight is 242 g/mol. The normalized spacial score (nSPS) is 10.6. The third-order valence-electron chi connectivity index (χ3n) is 2.23. The molecule has 0 saturated heterocycles. The van der Waals surface area contributed by atoms with Gasteiger partial charge >= 0.3 is 0 Å². The van der Waals surface area contributed by atoms with Crippen molar-refractivity contribution in [1.82, 2.24) is 0 Å². The van der Waals surface area contributed by atoms with Gasteiger partial charge < -0.3 is 9.47 Å². The lowest BCUT2D eigenvalue weighted by atomic mass is 10.1. The molecule has 0 radical (unpaired) electrons. The molecule has 0 spiro atoms. The summed E-state index contributed by atoms with van der Waals surface area (Å²) in [6.07, 6.45) is 1.97. The van der Waals surface area contributed by atoms with Crippen molar-refractivity contribution >= 4 is 17.1 Å². The average Bonchev–Trinajstić information content (AvgIpc) is 2.79. The van der Waals surface area contributed by atoms with Crippen LogP contribution in [0.15, 0.2) is 16.8 Å². The van der Waals surface area contributed by atoms with E-state index < -0.39 is 0 Å². The fraction of sp³-hybridized carbons (Fsp3) is 0.583. The van der Waals surface area contributed by atoms with Gasteiger partial charge in [-0.15, -0.1) is 0 Å². The molecular formula is C12H18O3S. The molecule has 0 aliphatic carbocycles. The second kappa shape index (κ2) is 8.44. The molecule has 16 heavy (non-hydrogen) atoms. The van der Waals surface area contributed by atoms with E-state index in [1.54, 1.807) is 18.4 Å². The first-order chi connectivity index (χ1) is 7.83. The van der Waals surface area contributed by atoms with Gasteiger partial charge in [0.05, 0.1) is 19.8 Å². The van der Waals surface area contributed by atoms with E-state index in [0.717, 1.165) is 6.42 Å². The maximum Gasteiger partial charge on any atom is 0.135 e. The molecule has 90 valence electrons. The molecule has 1 aromatic heterocycles. The first-order valence-electron chi connectivity index (χ1n) is 5.42. The fourth-order valence-electron chi connectivity index (χ4n) is 1.27. The smallest absolute Gasteiger partial charge is 0.135 e. The number of Topliss-reactive ketones (excluding diaryl/α,β-unsaturated/α-hetero) is 1. The molecule has 0 N–H and O–H groups in total. The lowest BCUT2D eigenvalue weighted by molar-refractivity contribution is -0.120. The van der Waals surface area contributed by atoms with Crippen LogP contribution in [0.5, 0.6) is 0 Å². The van der Waals surface area contributed by atoms with Crippen molar-refractivity contribution < 1.29 is 14.3 Å². The molecule has 0 aliphatic rings. The molecular weight excluding hydrogens is 224 g/mol. The number of aryl methyl sites for hydroxylation is 1. The Balaban J connectivity index is 1.99. The predicted molar refractivity (Wildman–Crippen MR) is 65.0 cm³/mol. The molecule has 0 saturated carbocycles. The van der Waals surface area contributed by atoms with Gasteiger partial charge in [0, 0.05) is 20.0 Å². The van der Waals surface area contributed by atoms with E-state index in [2.05, 4.69) is 11.4 Å². The largest absolute Gasteiger partial charge is 0.382 e. The van der Waals surface area contributed by atoms with Crippen molar-refractivity contribution in [2.45, 2.75) is 19.3 Å². The number of hydrogen-bond donors (Lipinski definition) is 0. The lowest BCUT2D eigenvalue weighted by Crippen LogP contribution is -2.08. The highest BCUT2D eigenvalue weighted by Crippen LogP contribution is 2.09. The Bertz CT molecular complexity index is 282. The summed E-state index contributed by atoms with van der Waals surface area (Å²) in [4.78, 5) is 11.5. The van der Waals surface area contributed by atoms with Crippen molar-refractivity contribution in [1.29, 1.82) is 0 Å². The van der Waals surface area contributed by atoms with Crippen LogP contribution in [0.25, 0.3) is 0 Å².